The van der Waals surface area contributed by atoms with Gasteiger partial charge in [-0.15, -0.1) is 0 Å². The Morgan fingerprint density at radius 2 is 1.84 bits per heavy atom. The summed E-state index contributed by atoms with van der Waals surface area (Å²) < 4.78 is 10.6. The minimum atomic E-state index is -1.22. The highest BCUT2D eigenvalue weighted by Gasteiger charge is 2.26. The molecule has 11 heteroatoms. The van der Waals surface area contributed by atoms with Crippen molar-refractivity contribution >= 4 is 35.4 Å². The summed E-state index contributed by atoms with van der Waals surface area (Å²) in [4.78, 5) is 30.7. The van der Waals surface area contributed by atoms with Gasteiger partial charge in [-0.1, -0.05) is 48.5 Å². The van der Waals surface area contributed by atoms with Crippen LogP contribution in [-0.2, 0) is 14.3 Å². The van der Waals surface area contributed by atoms with Crippen LogP contribution in [0.25, 0.3) is 0 Å². The van der Waals surface area contributed by atoms with E-state index in [9.17, 15) is 4.79 Å². The minimum absolute atomic E-state index is 0.127. The first-order valence-corrected chi connectivity index (χ1v) is 12.3. The zero-order chi connectivity index (χ0) is 26.9. The highest BCUT2D eigenvalue weighted by Crippen LogP contribution is 2.25. The van der Waals surface area contributed by atoms with E-state index < -0.39 is 12.1 Å². The number of nitrogens with one attached hydrogen (secondary N) is 1. The monoisotopic (exact) mass is 516 g/mol. The molecule has 2 aliphatic rings. The third kappa shape index (κ3) is 6.62. The Balaban J connectivity index is 1.64. The number of nitrogens with zero attached hydrogens (tertiary/aromatic N) is 4. The molecule has 1 fully saturated rings. The SMILES string of the molecule is COCCN=C(N)C(C=NC1CCC1)=C(N)OC(N)=NC1N=C(c2ccccc2)c2ccccc2NC1=O. The van der Waals surface area contributed by atoms with Crippen molar-refractivity contribution in [1.82, 2.24) is 0 Å². The van der Waals surface area contributed by atoms with Gasteiger partial charge in [-0.3, -0.25) is 14.8 Å². The molecule has 0 radical (unpaired) electrons. The minimum Gasteiger partial charge on any atom is -0.409 e. The summed E-state index contributed by atoms with van der Waals surface area (Å²) in [6.45, 7) is 0.721. The van der Waals surface area contributed by atoms with Crippen LogP contribution in [0.3, 0.4) is 0 Å². The molecule has 1 aliphatic carbocycles. The quantitative estimate of drug-likeness (QED) is 0.171. The van der Waals surface area contributed by atoms with Crippen molar-refractivity contribution in [2.45, 2.75) is 31.5 Å². The van der Waals surface area contributed by atoms with Crippen molar-refractivity contribution in [1.29, 1.82) is 0 Å². The van der Waals surface area contributed by atoms with Crippen molar-refractivity contribution < 1.29 is 14.3 Å². The Kier molecular flexibility index (Phi) is 8.83. The standard InChI is InChI=1S/C27H32N8O3/c1-37-15-14-31-23(28)20(16-32-18-10-7-11-18)24(29)38-27(30)35-25-26(36)33-21-13-6-5-12-19(21)22(34-25)17-8-3-2-4-9-17/h2-6,8-9,12-13,16,18,25H,7,10-11,14-15,29H2,1H3,(H2,28,31)(H2,30,35)(H,33,36). The smallest absolute Gasteiger partial charge is 0.291 e. The lowest BCUT2D eigenvalue weighted by Crippen LogP contribution is -2.30. The molecule has 0 saturated heterocycles. The van der Waals surface area contributed by atoms with E-state index in [0.717, 1.165) is 30.4 Å². The zero-order valence-electron chi connectivity index (χ0n) is 21.2. The molecule has 1 unspecified atom stereocenters. The number of anilines is 1. The van der Waals surface area contributed by atoms with Gasteiger partial charge in [-0.05, 0) is 25.3 Å². The summed E-state index contributed by atoms with van der Waals surface area (Å²) in [7, 11) is 1.57. The van der Waals surface area contributed by atoms with Crippen molar-refractivity contribution in [2.24, 2.45) is 37.2 Å². The molecule has 4 rings (SSSR count). The van der Waals surface area contributed by atoms with E-state index in [2.05, 4.69) is 25.3 Å². The summed E-state index contributed by atoms with van der Waals surface area (Å²) in [5.74, 6) is -0.482. The van der Waals surface area contributed by atoms with Crippen molar-refractivity contribution in [3.63, 3.8) is 0 Å². The first-order chi connectivity index (χ1) is 18.5. The van der Waals surface area contributed by atoms with Crippen LogP contribution < -0.4 is 22.5 Å². The van der Waals surface area contributed by atoms with Gasteiger partial charge in [0.05, 0.1) is 30.1 Å². The third-order valence-electron chi connectivity index (χ3n) is 6.05. The Hall–Kier alpha value is -4.51. The molecule has 1 heterocycles. The maximum Gasteiger partial charge on any atom is 0.291 e. The molecular weight excluding hydrogens is 484 g/mol. The van der Waals surface area contributed by atoms with Gasteiger partial charge in [0.1, 0.15) is 5.84 Å². The van der Waals surface area contributed by atoms with E-state index in [-0.39, 0.29) is 29.4 Å². The van der Waals surface area contributed by atoms with Gasteiger partial charge in [0.15, 0.2) is 0 Å². The second-order valence-corrected chi connectivity index (χ2v) is 8.72. The van der Waals surface area contributed by atoms with Crippen LogP contribution in [0.4, 0.5) is 5.69 Å². The van der Waals surface area contributed by atoms with Crippen LogP contribution in [0.2, 0.25) is 0 Å². The third-order valence-corrected chi connectivity index (χ3v) is 6.05. The number of hydrogen-bond donors (Lipinski definition) is 4. The number of carbonyl (C=O) groups is 1. The van der Waals surface area contributed by atoms with E-state index in [1.54, 1.807) is 19.4 Å². The molecule has 0 bridgehead atoms. The fourth-order valence-corrected chi connectivity index (χ4v) is 3.79. The van der Waals surface area contributed by atoms with Crippen LogP contribution in [0.15, 0.2) is 86.0 Å². The number of benzene rings is 2. The topological polar surface area (TPSA) is 175 Å². The van der Waals surface area contributed by atoms with E-state index >= 15 is 0 Å². The second-order valence-electron chi connectivity index (χ2n) is 8.72. The number of hydrogen-bond acceptors (Lipinski definition) is 8. The van der Waals surface area contributed by atoms with Crippen molar-refractivity contribution in [3.8, 4) is 0 Å². The molecule has 7 N–H and O–H groups in total. The van der Waals surface area contributed by atoms with Gasteiger partial charge in [0, 0.05) is 30.5 Å². The fraction of sp³-hybridized carbons (Fsp3) is 0.296. The largest absolute Gasteiger partial charge is 0.409 e. The van der Waals surface area contributed by atoms with Gasteiger partial charge < -0.3 is 32.0 Å². The number of carbonyl (C=O) groups excluding carboxylic acids is 1. The normalized spacial score (nSPS) is 19.1. The summed E-state index contributed by atoms with van der Waals surface area (Å²) >= 11 is 0. The molecule has 1 amide bonds. The van der Waals surface area contributed by atoms with E-state index in [1.165, 1.54) is 0 Å². The van der Waals surface area contributed by atoms with E-state index in [4.69, 9.17) is 26.7 Å². The van der Waals surface area contributed by atoms with Gasteiger partial charge in [-0.25, -0.2) is 4.99 Å². The van der Waals surface area contributed by atoms with Crippen LogP contribution in [0.5, 0.6) is 0 Å². The van der Waals surface area contributed by atoms with Gasteiger partial charge in [0.25, 0.3) is 11.9 Å². The molecule has 2 aromatic carbocycles. The Labute approximate surface area is 221 Å². The Bertz CT molecular complexity index is 1300. The lowest BCUT2D eigenvalue weighted by atomic mass is 9.94. The molecule has 1 aliphatic heterocycles. The number of amides is 1. The molecule has 0 aromatic heterocycles. The van der Waals surface area contributed by atoms with Crippen LogP contribution in [-0.4, -0.2) is 62.2 Å². The Morgan fingerprint density at radius 1 is 1.11 bits per heavy atom. The van der Waals surface area contributed by atoms with Crippen LogP contribution in [0, 0.1) is 0 Å². The maximum absolute atomic E-state index is 13.0. The number of methoxy groups -OCH3 is 1. The second kappa shape index (κ2) is 12.6. The Morgan fingerprint density at radius 3 is 2.55 bits per heavy atom. The van der Waals surface area contributed by atoms with Gasteiger partial charge >= 0.3 is 0 Å². The summed E-state index contributed by atoms with van der Waals surface area (Å²) in [5.41, 5.74) is 21.5. The average Bonchev–Trinajstić information content (AvgIpc) is 3.02. The number of benzodiazepines with no additional fused rings is 1. The summed E-state index contributed by atoms with van der Waals surface area (Å²) in [5, 5.41) is 2.86. The first kappa shape index (κ1) is 26.6. The predicted octanol–water partition coefficient (Wildman–Crippen LogP) is 1.93. The molecular formula is C27H32N8O3. The highest BCUT2D eigenvalue weighted by atomic mass is 16.5. The molecule has 2 aromatic rings. The lowest BCUT2D eigenvalue weighted by molar-refractivity contribution is -0.117. The van der Waals surface area contributed by atoms with E-state index in [1.807, 2.05) is 48.5 Å². The lowest BCUT2D eigenvalue weighted by Gasteiger charge is -2.20. The fourth-order valence-electron chi connectivity index (χ4n) is 3.79. The van der Waals surface area contributed by atoms with Crippen LogP contribution in [0.1, 0.15) is 30.4 Å². The van der Waals surface area contributed by atoms with Gasteiger partial charge in [0.2, 0.25) is 12.0 Å². The van der Waals surface area contributed by atoms with Gasteiger partial charge in [-0.2, -0.15) is 4.99 Å². The molecule has 1 atom stereocenters. The molecule has 11 nitrogen and oxygen atoms in total. The predicted molar refractivity (Wildman–Crippen MR) is 149 cm³/mol. The van der Waals surface area contributed by atoms with E-state index in [0.29, 0.717) is 24.6 Å². The summed E-state index contributed by atoms with van der Waals surface area (Å²) in [6.07, 6.45) is 3.44. The first-order valence-electron chi connectivity index (χ1n) is 12.3. The zero-order valence-corrected chi connectivity index (χ0v) is 21.2. The van der Waals surface area contributed by atoms with Crippen molar-refractivity contribution in [2.75, 3.05) is 25.6 Å². The number of aliphatic imine (C=N–C) groups is 4. The molecule has 1 saturated carbocycles. The number of para-hydroxylation sites is 1. The van der Waals surface area contributed by atoms with Crippen LogP contribution >= 0.6 is 0 Å². The highest BCUT2D eigenvalue weighted by molar-refractivity contribution is 6.19. The number of amidine groups is 2. The average molecular weight is 517 g/mol. The molecule has 198 valence electrons. The molecule has 38 heavy (non-hydrogen) atoms. The number of fused-ring (bicyclic) bond motifs is 1. The maximum atomic E-state index is 13.0. The summed E-state index contributed by atoms with van der Waals surface area (Å²) in [6, 6.07) is 16.8. The number of rotatable bonds is 9. The van der Waals surface area contributed by atoms with Crippen molar-refractivity contribution in [3.05, 3.63) is 77.2 Å². The number of nitrogens with two attached hydrogens (primary N) is 3. The number of ether oxygens (including phenoxy) is 2. The molecule has 0 spiro atoms.